The first-order valence-electron chi connectivity index (χ1n) is 7.02. The summed E-state index contributed by atoms with van der Waals surface area (Å²) in [5.41, 5.74) is 2.63. The Balaban J connectivity index is 1.88. The van der Waals surface area contributed by atoms with Crippen LogP contribution in [0.15, 0.2) is 66.7 Å². The maximum Gasteiger partial charge on any atom is 0.118 e. The van der Waals surface area contributed by atoms with Crippen molar-refractivity contribution < 1.29 is 4.74 Å². The van der Waals surface area contributed by atoms with Gasteiger partial charge in [-0.3, -0.25) is 0 Å². The maximum atomic E-state index is 5.20. The molecule has 0 N–H and O–H groups in total. The zero-order chi connectivity index (χ0) is 14.7. The molecule has 2 heteroatoms. The number of methoxy groups -OCH3 is 1. The molecule has 0 aliphatic heterocycles. The third-order valence-corrected chi connectivity index (χ3v) is 4.55. The molecule has 1 atom stereocenters. The van der Waals surface area contributed by atoms with Crippen LogP contribution in [-0.4, -0.2) is 7.11 Å². The molecule has 0 saturated carbocycles. The van der Waals surface area contributed by atoms with Gasteiger partial charge in [0.1, 0.15) is 5.75 Å². The molecule has 0 amide bonds. The molecule has 1 nitrogen and oxygen atoms in total. The number of alkyl halides is 1. The highest BCUT2D eigenvalue weighted by Gasteiger charge is 2.11. The van der Waals surface area contributed by atoms with Gasteiger partial charge in [0.05, 0.1) is 7.11 Å². The van der Waals surface area contributed by atoms with E-state index in [1.807, 2.05) is 12.1 Å². The van der Waals surface area contributed by atoms with Gasteiger partial charge in [-0.15, -0.1) is 0 Å². The minimum Gasteiger partial charge on any atom is -0.497 e. The molecule has 0 spiro atoms. The molecule has 0 radical (unpaired) electrons. The topological polar surface area (TPSA) is 9.23 Å². The normalized spacial score (nSPS) is 12.3. The van der Waals surface area contributed by atoms with Gasteiger partial charge in [0, 0.05) is 4.83 Å². The van der Waals surface area contributed by atoms with E-state index >= 15 is 0 Å². The zero-order valence-corrected chi connectivity index (χ0v) is 13.5. The van der Waals surface area contributed by atoms with Crippen molar-refractivity contribution in [3.8, 4) is 5.75 Å². The average molecular weight is 341 g/mol. The number of benzene rings is 3. The summed E-state index contributed by atoms with van der Waals surface area (Å²) in [6.45, 7) is 0. The summed E-state index contributed by atoms with van der Waals surface area (Å²) in [4.78, 5) is 0.303. The van der Waals surface area contributed by atoms with E-state index in [9.17, 15) is 0 Å². The second-order valence-electron chi connectivity index (χ2n) is 5.09. The summed E-state index contributed by atoms with van der Waals surface area (Å²) in [7, 11) is 1.69. The van der Waals surface area contributed by atoms with Crippen molar-refractivity contribution in [1.82, 2.24) is 0 Å². The average Bonchev–Trinajstić information content (AvgIpc) is 2.55. The Morgan fingerprint density at radius 2 is 1.62 bits per heavy atom. The summed E-state index contributed by atoms with van der Waals surface area (Å²) in [5.74, 6) is 0.898. The SMILES string of the molecule is COc1ccc(CC(Br)c2cccc3ccccc23)cc1. The first-order valence-corrected chi connectivity index (χ1v) is 7.94. The number of hydrogen-bond donors (Lipinski definition) is 0. The highest BCUT2D eigenvalue weighted by Crippen LogP contribution is 2.32. The number of hydrogen-bond acceptors (Lipinski definition) is 1. The Hall–Kier alpha value is -1.80. The van der Waals surface area contributed by atoms with Crippen LogP contribution in [0.5, 0.6) is 5.75 Å². The Bertz CT molecular complexity index is 729. The fourth-order valence-corrected chi connectivity index (χ4v) is 3.38. The summed E-state index contributed by atoms with van der Waals surface area (Å²) in [5, 5.41) is 2.60. The van der Waals surface area contributed by atoms with Gasteiger partial charge in [-0.25, -0.2) is 0 Å². The largest absolute Gasteiger partial charge is 0.497 e. The number of halogens is 1. The highest BCUT2D eigenvalue weighted by molar-refractivity contribution is 9.09. The second-order valence-corrected chi connectivity index (χ2v) is 6.19. The van der Waals surface area contributed by atoms with E-state index in [0.717, 1.165) is 12.2 Å². The molecule has 106 valence electrons. The van der Waals surface area contributed by atoms with Crippen LogP contribution in [0.3, 0.4) is 0 Å². The molecule has 0 saturated heterocycles. The van der Waals surface area contributed by atoms with Crippen LogP contribution in [0, 0.1) is 0 Å². The number of fused-ring (bicyclic) bond motifs is 1. The Morgan fingerprint density at radius 3 is 2.38 bits per heavy atom. The Morgan fingerprint density at radius 1 is 0.905 bits per heavy atom. The molecule has 0 fully saturated rings. The monoisotopic (exact) mass is 340 g/mol. The van der Waals surface area contributed by atoms with Gasteiger partial charge in [0.15, 0.2) is 0 Å². The molecule has 3 aromatic carbocycles. The molecule has 21 heavy (non-hydrogen) atoms. The van der Waals surface area contributed by atoms with Crippen LogP contribution in [0.4, 0.5) is 0 Å². The molecular weight excluding hydrogens is 324 g/mol. The maximum absolute atomic E-state index is 5.20. The predicted molar refractivity (Wildman–Crippen MR) is 92.3 cm³/mol. The molecule has 0 heterocycles. The van der Waals surface area contributed by atoms with Crippen LogP contribution in [0.1, 0.15) is 16.0 Å². The second kappa shape index (κ2) is 6.31. The van der Waals surface area contributed by atoms with E-state index in [1.165, 1.54) is 21.9 Å². The minimum atomic E-state index is 0.303. The van der Waals surface area contributed by atoms with Crippen molar-refractivity contribution in [2.75, 3.05) is 7.11 Å². The fraction of sp³-hybridized carbons (Fsp3) is 0.158. The lowest BCUT2D eigenvalue weighted by atomic mass is 9.98. The standard InChI is InChI=1S/C19H17BrO/c1-21-16-11-9-14(10-12-16)13-19(20)18-8-4-6-15-5-2-3-7-17(15)18/h2-12,19H,13H2,1H3. The van der Waals surface area contributed by atoms with Gasteiger partial charge in [-0.05, 0) is 40.5 Å². The number of ether oxygens (including phenoxy) is 1. The van der Waals surface area contributed by atoms with Gasteiger partial charge >= 0.3 is 0 Å². The number of rotatable bonds is 4. The van der Waals surface area contributed by atoms with Crippen LogP contribution in [-0.2, 0) is 6.42 Å². The van der Waals surface area contributed by atoms with E-state index in [0.29, 0.717) is 4.83 Å². The fourth-order valence-electron chi connectivity index (χ4n) is 2.60. The van der Waals surface area contributed by atoms with E-state index < -0.39 is 0 Å². The summed E-state index contributed by atoms with van der Waals surface area (Å²) in [6, 6.07) is 23.3. The van der Waals surface area contributed by atoms with Crippen LogP contribution < -0.4 is 4.74 Å². The van der Waals surface area contributed by atoms with Crippen molar-refractivity contribution in [3.05, 3.63) is 77.9 Å². The van der Waals surface area contributed by atoms with Gasteiger partial charge in [-0.2, -0.15) is 0 Å². The third kappa shape index (κ3) is 3.11. The quantitative estimate of drug-likeness (QED) is 0.567. The summed E-state index contributed by atoms with van der Waals surface area (Å²) >= 11 is 3.85. The smallest absolute Gasteiger partial charge is 0.118 e. The Labute approximate surface area is 133 Å². The molecule has 1 unspecified atom stereocenters. The van der Waals surface area contributed by atoms with E-state index in [-0.39, 0.29) is 0 Å². The lowest BCUT2D eigenvalue weighted by Gasteiger charge is -2.13. The van der Waals surface area contributed by atoms with Gasteiger partial charge in [0.2, 0.25) is 0 Å². The van der Waals surface area contributed by atoms with Crippen molar-refractivity contribution in [2.24, 2.45) is 0 Å². The van der Waals surface area contributed by atoms with E-state index in [1.54, 1.807) is 7.11 Å². The lowest BCUT2D eigenvalue weighted by Crippen LogP contribution is -1.96. The molecule has 0 bridgehead atoms. The van der Waals surface area contributed by atoms with Crippen molar-refractivity contribution in [2.45, 2.75) is 11.2 Å². The van der Waals surface area contributed by atoms with Crippen molar-refractivity contribution in [1.29, 1.82) is 0 Å². The van der Waals surface area contributed by atoms with Gasteiger partial charge in [0.25, 0.3) is 0 Å². The molecule has 0 aromatic heterocycles. The molecule has 0 aliphatic rings. The lowest BCUT2D eigenvalue weighted by molar-refractivity contribution is 0.414. The third-order valence-electron chi connectivity index (χ3n) is 3.73. The van der Waals surface area contributed by atoms with Crippen LogP contribution in [0.25, 0.3) is 10.8 Å². The minimum absolute atomic E-state index is 0.303. The predicted octanol–water partition coefficient (Wildman–Crippen LogP) is 5.53. The first-order chi connectivity index (χ1) is 10.3. The molecule has 3 rings (SSSR count). The van der Waals surface area contributed by atoms with Gasteiger partial charge in [-0.1, -0.05) is 70.5 Å². The molecule has 0 aliphatic carbocycles. The van der Waals surface area contributed by atoms with E-state index in [2.05, 4.69) is 70.5 Å². The molecular formula is C19H17BrO. The summed E-state index contributed by atoms with van der Waals surface area (Å²) < 4.78 is 5.20. The first kappa shape index (κ1) is 14.2. The van der Waals surface area contributed by atoms with Crippen LogP contribution >= 0.6 is 15.9 Å². The van der Waals surface area contributed by atoms with Crippen molar-refractivity contribution >= 4 is 26.7 Å². The summed E-state index contributed by atoms with van der Waals surface area (Å²) in [6.07, 6.45) is 0.956. The van der Waals surface area contributed by atoms with Gasteiger partial charge < -0.3 is 4.74 Å². The van der Waals surface area contributed by atoms with Crippen molar-refractivity contribution in [3.63, 3.8) is 0 Å². The highest BCUT2D eigenvalue weighted by atomic mass is 79.9. The van der Waals surface area contributed by atoms with E-state index in [4.69, 9.17) is 4.74 Å². The molecule has 3 aromatic rings. The Kier molecular flexibility index (Phi) is 4.26. The van der Waals surface area contributed by atoms with Crippen LogP contribution in [0.2, 0.25) is 0 Å². The zero-order valence-electron chi connectivity index (χ0n) is 11.9.